The maximum atomic E-state index is 6.61. The van der Waals surface area contributed by atoms with E-state index in [0.29, 0.717) is 34.5 Å². The molecule has 0 aliphatic carbocycles. The molecule has 29 heavy (non-hydrogen) atoms. The summed E-state index contributed by atoms with van der Waals surface area (Å²) in [6.45, 7) is 8.53. The lowest BCUT2D eigenvalue weighted by Crippen LogP contribution is -2.54. The van der Waals surface area contributed by atoms with E-state index in [1.54, 1.807) is 28.4 Å². The lowest BCUT2D eigenvalue weighted by atomic mass is 10.3. The Labute approximate surface area is 174 Å². The summed E-state index contributed by atoms with van der Waals surface area (Å²) in [5, 5.41) is 0. The largest absolute Gasteiger partial charge is 0.511 e. The first-order valence-corrected chi connectivity index (χ1v) is 11.6. The Bertz CT molecular complexity index is 738. The van der Waals surface area contributed by atoms with E-state index in [1.807, 2.05) is 36.4 Å². The van der Waals surface area contributed by atoms with E-state index in [1.165, 1.54) is 0 Å². The third kappa shape index (κ3) is 4.90. The van der Waals surface area contributed by atoms with E-state index >= 15 is 0 Å². The van der Waals surface area contributed by atoms with Gasteiger partial charge in [0.1, 0.15) is 11.5 Å². The highest BCUT2D eigenvalue weighted by atomic mass is 28.4. The number of ether oxygens (including phenoxy) is 4. The first-order chi connectivity index (χ1) is 13.8. The van der Waals surface area contributed by atoms with Crippen LogP contribution in [0, 0.1) is 0 Å². The molecule has 0 aliphatic heterocycles. The van der Waals surface area contributed by atoms with Crippen LogP contribution in [0.25, 0.3) is 0 Å². The molecular formula is C22H32O6Si. The molecule has 0 bridgehead atoms. The van der Waals surface area contributed by atoms with Crippen LogP contribution < -0.4 is 27.8 Å². The number of methoxy groups -OCH3 is 4. The summed E-state index contributed by atoms with van der Waals surface area (Å²) in [6, 6.07) is 11.1. The molecule has 0 radical (unpaired) electrons. The number of rotatable bonds is 10. The molecule has 2 rings (SSSR count). The third-order valence-corrected chi connectivity index (χ3v) is 9.20. The number of hydrogen-bond donors (Lipinski definition) is 0. The van der Waals surface area contributed by atoms with Gasteiger partial charge in [0.05, 0.1) is 28.4 Å². The van der Waals surface area contributed by atoms with Crippen molar-refractivity contribution in [1.29, 1.82) is 0 Å². The second-order valence-corrected chi connectivity index (χ2v) is 11.4. The Kier molecular flexibility index (Phi) is 7.67. The van der Waals surface area contributed by atoms with Crippen molar-refractivity contribution in [2.45, 2.75) is 38.8 Å². The summed E-state index contributed by atoms with van der Waals surface area (Å²) in [5.74, 6) is 3.93. The van der Waals surface area contributed by atoms with Gasteiger partial charge in [-0.25, -0.2) is 0 Å². The maximum absolute atomic E-state index is 6.61. The van der Waals surface area contributed by atoms with Crippen LogP contribution >= 0.6 is 0 Å². The van der Waals surface area contributed by atoms with Gasteiger partial charge in [0.25, 0.3) is 0 Å². The minimum absolute atomic E-state index is 0.184. The second kappa shape index (κ2) is 9.78. The molecule has 6 nitrogen and oxygen atoms in total. The van der Waals surface area contributed by atoms with Crippen molar-refractivity contribution in [2.75, 3.05) is 28.4 Å². The molecule has 0 spiro atoms. The molecule has 0 aromatic heterocycles. The zero-order valence-corrected chi connectivity index (χ0v) is 19.6. The van der Waals surface area contributed by atoms with Gasteiger partial charge in [-0.1, -0.05) is 27.7 Å². The Morgan fingerprint density at radius 3 is 1.17 bits per heavy atom. The van der Waals surface area contributed by atoms with Crippen LogP contribution in [-0.2, 0) is 0 Å². The van der Waals surface area contributed by atoms with Gasteiger partial charge in [-0.3, -0.25) is 0 Å². The topological polar surface area (TPSA) is 55.4 Å². The van der Waals surface area contributed by atoms with Gasteiger partial charge < -0.3 is 27.8 Å². The van der Waals surface area contributed by atoms with Crippen molar-refractivity contribution in [3.05, 3.63) is 36.4 Å². The molecule has 0 heterocycles. The second-order valence-electron chi connectivity index (χ2n) is 7.27. The van der Waals surface area contributed by atoms with Crippen molar-refractivity contribution in [1.82, 2.24) is 0 Å². The van der Waals surface area contributed by atoms with Gasteiger partial charge in [-0.05, 0) is 24.3 Å². The Hall–Kier alpha value is -2.54. The van der Waals surface area contributed by atoms with Crippen LogP contribution in [0.5, 0.6) is 34.5 Å². The van der Waals surface area contributed by atoms with E-state index in [-0.39, 0.29) is 11.1 Å². The molecule has 0 saturated carbocycles. The van der Waals surface area contributed by atoms with E-state index in [4.69, 9.17) is 27.8 Å². The Morgan fingerprint density at radius 2 is 0.897 bits per heavy atom. The van der Waals surface area contributed by atoms with Crippen LogP contribution in [0.1, 0.15) is 27.7 Å². The zero-order valence-electron chi connectivity index (χ0n) is 18.6. The van der Waals surface area contributed by atoms with Crippen molar-refractivity contribution in [3.63, 3.8) is 0 Å². The zero-order chi connectivity index (χ0) is 21.6. The Morgan fingerprint density at radius 1 is 0.552 bits per heavy atom. The quantitative estimate of drug-likeness (QED) is 0.477. The molecule has 0 N–H and O–H groups in total. The lowest BCUT2D eigenvalue weighted by molar-refractivity contribution is 0.334. The highest BCUT2D eigenvalue weighted by Crippen LogP contribution is 2.40. The fraction of sp³-hybridized carbons (Fsp3) is 0.455. The molecule has 0 saturated heterocycles. The molecule has 0 atom stereocenters. The predicted octanol–water partition coefficient (Wildman–Crippen LogP) is 5.44. The summed E-state index contributed by atoms with van der Waals surface area (Å²) in [6.07, 6.45) is 0. The Balaban J connectivity index is 2.44. The van der Waals surface area contributed by atoms with Crippen molar-refractivity contribution < 1.29 is 27.8 Å². The van der Waals surface area contributed by atoms with Crippen LogP contribution in [0.15, 0.2) is 36.4 Å². The van der Waals surface area contributed by atoms with Crippen molar-refractivity contribution >= 4 is 8.56 Å². The minimum atomic E-state index is -2.75. The fourth-order valence-corrected chi connectivity index (χ4v) is 6.60. The summed E-state index contributed by atoms with van der Waals surface area (Å²) >= 11 is 0. The summed E-state index contributed by atoms with van der Waals surface area (Å²) in [7, 11) is 3.69. The van der Waals surface area contributed by atoms with Crippen LogP contribution in [-0.4, -0.2) is 37.0 Å². The molecule has 0 unspecified atom stereocenters. The average molecular weight is 421 g/mol. The molecule has 7 heteroatoms. The van der Waals surface area contributed by atoms with E-state index in [0.717, 1.165) is 0 Å². The van der Waals surface area contributed by atoms with Gasteiger partial charge >= 0.3 is 8.56 Å². The van der Waals surface area contributed by atoms with Gasteiger partial charge in [0.15, 0.2) is 23.0 Å². The van der Waals surface area contributed by atoms with Gasteiger partial charge in [0.2, 0.25) is 0 Å². The number of hydrogen-bond acceptors (Lipinski definition) is 6. The molecule has 0 fully saturated rings. The molecule has 160 valence electrons. The van der Waals surface area contributed by atoms with Crippen LogP contribution in [0.2, 0.25) is 11.1 Å². The molecule has 0 amide bonds. The standard InChI is InChI=1S/C22H32O6Si/c1-15(2)29(16(3)4,27-17-9-11-19(23-5)21(13-17)25-7)28-18-10-12-20(24-6)22(14-18)26-8/h9-16H,1-8H3. The molecule has 2 aromatic rings. The number of benzene rings is 2. The summed E-state index contributed by atoms with van der Waals surface area (Å²) in [5.41, 5.74) is 0.368. The lowest BCUT2D eigenvalue weighted by Gasteiger charge is -2.37. The molecular weight excluding hydrogens is 388 g/mol. The highest BCUT2D eigenvalue weighted by Gasteiger charge is 2.49. The monoisotopic (exact) mass is 420 g/mol. The smallest absolute Gasteiger partial charge is 0.465 e. The maximum Gasteiger partial charge on any atom is 0.465 e. The summed E-state index contributed by atoms with van der Waals surface area (Å²) in [4.78, 5) is 0. The normalized spacial score (nSPS) is 11.4. The van der Waals surface area contributed by atoms with E-state index < -0.39 is 8.56 Å². The van der Waals surface area contributed by atoms with E-state index in [9.17, 15) is 0 Å². The van der Waals surface area contributed by atoms with Gasteiger partial charge in [0, 0.05) is 23.2 Å². The van der Waals surface area contributed by atoms with Crippen molar-refractivity contribution in [2.24, 2.45) is 0 Å². The van der Waals surface area contributed by atoms with Crippen LogP contribution in [0.4, 0.5) is 0 Å². The first kappa shape index (κ1) is 22.7. The molecule has 2 aromatic carbocycles. The fourth-order valence-electron chi connectivity index (χ4n) is 3.29. The summed E-state index contributed by atoms with van der Waals surface area (Å²) < 4.78 is 34.7. The highest BCUT2D eigenvalue weighted by molar-refractivity contribution is 6.71. The van der Waals surface area contributed by atoms with E-state index in [2.05, 4.69) is 27.7 Å². The first-order valence-electron chi connectivity index (χ1n) is 9.63. The van der Waals surface area contributed by atoms with Crippen molar-refractivity contribution in [3.8, 4) is 34.5 Å². The SMILES string of the molecule is COc1ccc(O[Si](Oc2ccc(OC)c(OC)c2)(C(C)C)C(C)C)cc1OC. The molecule has 0 aliphatic rings. The van der Waals surface area contributed by atoms with Crippen LogP contribution in [0.3, 0.4) is 0 Å². The minimum Gasteiger partial charge on any atom is -0.511 e. The predicted molar refractivity (Wildman–Crippen MR) is 116 cm³/mol. The third-order valence-electron chi connectivity index (χ3n) is 4.87. The van der Waals surface area contributed by atoms with Gasteiger partial charge in [-0.2, -0.15) is 0 Å². The average Bonchev–Trinajstić information content (AvgIpc) is 2.72. The van der Waals surface area contributed by atoms with Gasteiger partial charge in [-0.15, -0.1) is 0 Å².